The molecule has 0 aliphatic rings. The standard InChI is InChI=1S/C18H12ClN3OS.C18H11ClN2O2S/c19-13-6-1-2-7-14(13)21-18-12-8-9-24-16(12)10-4-3-5-11(17(20)23)15(10)22-18;19-13-6-1-2-7-14(13)20-17-12-8-9-24-16(12)10-4-3-5-11(18(22)23)15(10)21-17/h1-9H,(H2,20,23)(H,21,22);1-9H,(H,20,21)(H,22,23). The van der Waals surface area contributed by atoms with Crippen molar-refractivity contribution in [2.24, 2.45) is 5.73 Å². The number of nitrogens with zero attached hydrogens (tertiary/aromatic N) is 2. The van der Waals surface area contributed by atoms with Crippen LogP contribution in [0.15, 0.2) is 108 Å². The Morgan fingerprint density at radius 3 is 1.52 bits per heavy atom. The maximum atomic E-state index is 11.8. The summed E-state index contributed by atoms with van der Waals surface area (Å²) in [5.41, 5.74) is 8.65. The van der Waals surface area contributed by atoms with Gasteiger partial charge in [0.2, 0.25) is 0 Å². The Balaban J connectivity index is 0.000000152. The first-order chi connectivity index (χ1) is 23.3. The van der Waals surface area contributed by atoms with E-state index >= 15 is 0 Å². The second kappa shape index (κ2) is 13.1. The van der Waals surface area contributed by atoms with E-state index in [-0.39, 0.29) is 5.56 Å². The molecule has 4 heterocycles. The number of benzene rings is 4. The first-order valence-electron chi connectivity index (χ1n) is 14.5. The van der Waals surface area contributed by atoms with Gasteiger partial charge in [-0.15, -0.1) is 22.7 Å². The summed E-state index contributed by atoms with van der Waals surface area (Å²) in [6, 6.07) is 29.5. The number of para-hydroxylation sites is 4. The van der Waals surface area contributed by atoms with E-state index in [0.29, 0.717) is 38.3 Å². The van der Waals surface area contributed by atoms with Crippen molar-refractivity contribution in [1.29, 1.82) is 0 Å². The summed E-state index contributed by atoms with van der Waals surface area (Å²) < 4.78 is 2.05. The molecule has 5 N–H and O–H groups in total. The van der Waals surface area contributed by atoms with Crippen LogP contribution in [-0.2, 0) is 0 Å². The van der Waals surface area contributed by atoms with Crippen molar-refractivity contribution in [2.75, 3.05) is 10.6 Å². The zero-order valence-corrected chi connectivity index (χ0v) is 27.8. The van der Waals surface area contributed by atoms with Gasteiger partial charge in [-0.2, -0.15) is 0 Å². The number of hydrogen-bond donors (Lipinski definition) is 4. The number of pyridine rings is 2. The number of carbonyl (C=O) groups is 2. The fourth-order valence-electron chi connectivity index (χ4n) is 5.39. The normalized spacial score (nSPS) is 11.0. The summed E-state index contributed by atoms with van der Waals surface area (Å²) >= 11 is 15.6. The van der Waals surface area contributed by atoms with E-state index in [1.807, 2.05) is 83.6 Å². The van der Waals surface area contributed by atoms with Gasteiger partial charge in [0.05, 0.1) is 43.6 Å². The Bertz CT molecular complexity index is 2360. The Morgan fingerprint density at radius 1 is 0.604 bits per heavy atom. The molecule has 8 nitrogen and oxygen atoms in total. The number of aromatic carboxylic acids is 1. The highest BCUT2D eigenvalue weighted by Gasteiger charge is 2.17. The van der Waals surface area contributed by atoms with Crippen LogP contribution in [0.2, 0.25) is 10.0 Å². The Morgan fingerprint density at radius 2 is 1.06 bits per heavy atom. The summed E-state index contributed by atoms with van der Waals surface area (Å²) in [5.74, 6) is -0.235. The maximum Gasteiger partial charge on any atom is 0.337 e. The van der Waals surface area contributed by atoms with Crippen molar-refractivity contribution in [3.63, 3.8) is 0 Å². The van der Waals surface area contributed by atoms with Crippen LogP contribution in [0.5, 0.6) is 0 Å². The van der Waals surface area contributed by atoms with Crippen molar-refractivity contribution in [2.45, 2.75) is 0 Å². The number of rotatable bonds is 6. The van der Waals surface area contributed by atoms with Crippen LogP contribution in [0.1, 0.15) is 20.7 Å². The van der Waals surface area contributed by atoms with E-state index in [1.165, 1.54) is 0 Å². The van der Waals surface area contributed by atoms with Crippen molar-refractivity contribution in [3.8, 4) is 0 Å². The molecule has 8 aromatic rings. The number of nitrogens with two attached hydrogens (primary N) is 1. The molecule has 48 heavy (non-hydrogen) atoms. The minimum atomic E-state index is -0.993. The lowest BCUT2D eigenvalue weighted by Gasteiger charge is -2.11. The number of aromatic nitrogens is 2. The number of thiophene rings is 2. The fraction of sp³-hybridized carbons (Fsp3) is 0. The molecular weight excluding hydrogens is 685 g/mol. The molecule has 236 valence electrons. The Kier molecular flexibility index (Phi) is 8.55. The van der Waals surface area contributed by atoms with Crippen LogP contribution in [-0.4, -0.2) is 27.0 Å². The molecule has 0 bridgehead atoms. The predicted molar refractivity (Wildman–Crippen MR) is 199 cm³/mol. The number of anilines is 4. The molecule has 0 fully saturated rings. The minimum Gasteiger partial charge on any atom is -0.478 e. The van der Waals surface area contributed by atoms with Crippen molar-refractivity contribution in [1.82, 2.24) is 9.97 Å². The largest absolute Gasteiger partial charge is 0.478 e. The number of carbonyl (C=O) groups excluding carboxylic acids is 1. The molecule has 0 radical (unpaired) electrons. The van der Waals surface area contributed by atoms with Gasteiger partial charge in [-0.05, 0) is 59.3 Å². The quantitative estimate of drug-likeness (QED) is 0.135. The first-order valence-corrected chi connectivity index (χ1v) is 17.0. The van der Waals surface area contributed by atoms with Gasteiger partial charge in [-0.3, -0.25) is 4.79 Å². The van der Waals surface area contributed by atoms with Crippen LogP contribution in [0, 0.1) is 0 Å². The number of fused-ring (bicyclic) bond motifs is 6. The second-order valence-corrected chi connectivity index (χ2v) is 13.2. The third kappa shape index (κ3) is 5.86. The van der Waals surface area contributed by atoms with Gasteiger partial charge in [0, 0.05) is 30.9 Å². The van der Waals surface area contributed by atoms with Crippen molar-refractivity contribution >= 4 is 123 Å². The Hall–Kier alpha value is -5.26. The monoisotopic (exact) mass is 707 g/mol. The summed E-state index contributed by atoms with van der Waals surface area (Å²) in [4.78, 5) is 32.6. The van der Waals surface area contributed by atoms with Gasteiger partial charge >= 0.3 is 5.97 Å². The van der Waals surface area contributed by atoms with Crippen LogP contribution >= 0.6 is 45.9 Å². The third-order valence-corrected chi connectivity index (χ3v) is 10.2. The lowest BCUT2D eigenvalue weighted by Crippen LogP contribution is -2.12. The van der Waals surface area contributed by atoms with Gasteiger partial charge in [-0.25, -0.2) is 14.8 Å². The first kappa shape index (κ1) is 31.3. The number of carboxylic acid groups (broad SMARTS) is 1. The smallest absolute Gasteiger partial charge is 0.337 e. The third-order valence-electron chi connectivity index (χ3n) is 7.60. The molecule has 0 unspecified atom stereocenters. The molecule has 0 saturated carbocycles. The predicted octanol–water partition coefficient (Wildman–Crippen LogP) is 10.5. The Labute approximate surface area is 291 Å². The average Bonchev–Trinajstić information content (AvgIpc) is 3.78. The molecular formula is C36H23Cl2N5O3S2. The SMILES string of the molecule is NC(=O)c1cccc2c1nc(Nc1ccccc1Cl)c1ccsc12.O=C(O)c1cccc2c1nc(Nc1ccccc1Cl)c1ccsc12. The van der Waals surface area contributed by atoms with E-state index in [1.54, 1.807) is 46.9 Å². The van der Waals surface area contributed by atoms with Gasteiger partial charge in [0.15, 0.2) is 0 Å². The van der Waals surface area contributed by atoms with Crippen LogP contribution < -0.4 is 16.4 Å². The summed E-state index contributed by atoms with van der Waals surface area (Å²) in [7, 11) is 0. The van der Waals surface area contributed by atoms with Crippen LogP contribution in [0.25, 0.3) is 42.0 Å². The highest BCUT2D eigenvalue weighted by Crippen LogP contribution is 2.38. The van der Waals surface area contributed by atoms with Crippen LogP contribution in [0.4, 0.5) is 23.0 Å². The highest BCUT2D eigenvalue weighted by atomic mass is 35.5. The fourth-order valence-corrected chi connectivity index (χ4v) is 7.60. The van der Waals surface area contributed by atoms with E-state index < -0.39 is 11.9 Å². The molecule has 0 atom stereocenters. The van der Waals surface area contributed by atoms with Gasteiger partial charge in [-0.1, -0.05) is 71.7 Å². The van der Waals surface area contributed by atoms with Crippen molar-refractivity contribution < 1.29 is 14.7 Å². The maximum absolute atomic E-state index is 11.8. The highest BCUT2D eigenvalue weighted by molar-refractivity contribution is 7.18. The lowest BCUT2D eigenvalue weighted by atomic mass is 10.1. The van der Waals surface area contributed by atoms with Gasteiger partial charge in [0.25, 0.3) is 5.91 Å². The zero-order chi connectivity index (χ0) is 33.4. The van der Waals surface area contributed by atoms with E-state index in [2.05, 4.69) is 20.6 Å². The molecule has 4 aromatic heterocycles. The average molecular weight is 709 g/mol. The zero-order valence-electron chi connectivity index (χ0n) is 24.7. The molecule has 1 amide bonds. The second-order valence-electron chi connectivity index (χ2n) is 10.5. The summed E-state index contributed by atoms with van der Waals surface area (Å²) in [6.45, 7) is 0. The number of hydrogen-bond acceptors (Lipinski definition) is 8. The molecule has 8 rings (SSSR count). The minimum absolute atomic E-state index is 0.185. The molecule has 4 aromatic carbocycles. The lowest BCUT2D eigenvalue weighted by molar-refractivity contribution is 0.0698. The van der Waals surface area contributed by atoms with Crippen molar-refractivity contribution in [3.05, 3.63) is 129 Å². The number of nitrogens with one attached hydrogen (secondary N) is 2. The number of carboxylic acids is 1. The number of halogens is 2. The molecule has 0 saturated heterocycles. The van der Waals surface area contributed by atoms with Crippen LogP contribution in [0.3, 0.4) is 0 Å². The summed E-state index contributed by atoms with van der Waals surface area (Å²) in [5, 5.41) is 24.8. The molecule has 0 aliphatic carbocycles. The van der Waals surface area contributed by atoms with Gasteiger partial charge in [0.1, 0.15) is 11.6 Å². The number of amides is 1. The molecule has 12 heteroatoms. The number of primary amides is 1. The molecule has 0 aliphatic heterocycles. The molecule has 0 spiro atoms. The van der Waals surface area contributed by atoms with E-state index in [4.69, 9.17) is 28.9 Å². The van der Waals surface area contributed by atoms with E-state index in [0.717, 1.165) is 42.3 Å². The van der Waals surface area contributed by atoms with E-state index in [9.17, 15) is 14.7 Å². The topological polar surface area (TPSA) is 130 Å². The summed E-state index contributed by atoms with van der Waals surface area (Å²) in [6.07, 6.45) is 0. The van der Waals surface area contributed by atoms with Gasteiger partial charge < -0.3 is 21.5 Å².